The molecule has 0 aliphatic carbocycles. The van der Waals surface area contributed by atoms with Crippen molar-refractivity contribution in [2.24, 2.45) is 0 Å². The summed E-state index contributed by atoms with van der Waals surface area (Å²) in [5.74, 6) is 0.559. The Morgan fingerprint density at radius 3 is 2.26 bits per heavy atom. The molecule has 0 fully saturated rings. The second-order valence-corrected chi connectivity index (χ2v) is 17.1. The Morgan fingerprint density at radius 2 is 1.58 bits per heavy atom. The van der Waals surface area contributed by atoms with Crippen LogP contribution in [0.2, 0.25) is 19.6 Å². The summed E-state index contributed by atoms with van der Waals surface area (Å²) in [7, 11) is -1.57. The minimum Gasteiger partial charge on any atom is -0.501 e. The van der Waals surface area contributed by atoms with Crippen molar-refractivity contribution in [3.8, 4) is 22.5 Å². The first-order chi connectivity index (χ1) is 20.2. The minimum atomic E-state index is -1.57. The van der Waals surface area contributed by atoms with E-state index in [2.05, 4.69) is 101 Å². The van der Waals surface area contributed by atoms with Crippen molar-refractivity contribution in [1.82, 2.24) is 9.97 Å². The Labute approximate surface area is 271 Å². The monoisotopic (exact) mass is 761 g/mol. The Bertz CT molecular complexity index is 1820. The van der Waals surface area contributed by atoms with Crippen LogP contribution < -0.4 is 5.19 Å². The van der Waals surface area contributed by atoms with Crippen molar-refractivity contribution < 1.29 is 24.5 Å². The van der Waals surface area contributed by atoms with Crippen LogP contribution in [0.1, 0.15) is 49.3 Å². The average Bonchev–Trinajstić information content (AvgIpc) is 3.38. The molecule has 0 spiro atoms. The number of nitrogens with zero attached hydrogens (tertiary/aromatic N) is 2. The van der Waals surface area contributed by atoms with Gasteiger partial charge in [-0.2, -0.15) is 0 Å². The maximum absolute atomic E-state index is 6.43. The van der Waals surface area contributed by atoms with Crippen LogP contribution in [0.4, 0.5) is 0 Å². The fourth-order valence-corrected chi connectivity index (χ4v) is 7.25. The van der Waals surface area contributed by atoms with Gasteiger partial charge >= 0.3 is 0 Å². The van der Waals surface area contributed by atoms with Gasteiger partial charge in [-0.15, -0.1) is 53.2 Å². The van der Waals surface area contributed by atoms with E-state index >= 15 is 0 Å². The number of fused-ring (bicyclic) bond motifs is 3. The van der Waals surface area contributed by atoms with Crippen molar-refractivity contribution in [1.29, 1.82) is 0 Å². The first kappa shape index (κ1) is 32.5. The van der Waals surface area contributed by atoms with E-state index in [-0.39, 0.29) is 20.1 Å². The Balaban J connectivity index is 0.000000253. The number of aryl methyl sites for hydroxylation is 1. The van der Waals surface area contributed by atoms with Gasteiger partial charge in [0, 0.05) is 46.0 Å². The minimum absolute atomic E-state index is 0. The maximum Gasteiger partial charge on any atom is 0.120 e. The predicted molar refractivity (Wildman–Crippen MR) is 180 cm³/mol. The number of hydrogen-bond acceptors (Lipinski definition) is 3. The summed E-state index contributed by atoms with van der Waals surface area (Å²) in [6, 6.07) is 31.4. The summed E-state index contributed by atoms with van der Waals surface area (Å²) in [6.07, 6.45) is 6.05. The van der Waals surface area contributed by atoms with Crippen LogP contribution in [0.15, 0.2) is 89.6 Å². The van der Waals surface area contributed by atoms with E-state index in [0.717, 1.165) is 46.5 Å². The third-order valence-electron chi connectivity index (χ3n) is 8.07. The van der Waals surface area contributed by atoms with Crippen molar-refractivity contribution in [2.45, 2.75) is 66.1 Å². The topological polar surface area (TPSA) is 38.9 Å². The molecule has 5 heteroatoms. The van der Waals surface area contributed by atoms with Crippen LogP contribution in [-0.4, -0.2) is 18.0 Å². The van der Waals surface area contributed by atoms with Crippen LogP contribution in [-0.2, 0) is 20.1 Å². The van der Waals surface area contributed by atoms with Gasteiger partial charge in [0.1, 0.15) is 5.58 Å². The molecule has 43 heavy (non-hydrogen) atoms. The SMILES string of the molecule is CCC(CC)c1ccnc(-c2[c-]cc([Si](C)(C)C)c3c2oc2ccccc23)c1C.Cc1ccnc(-c2[c-]cccc2)c1.[Ir]. The third-order valence-corrected chi connectivity index (χ3v) is 10.1. The molecule has 0 unspecified atom stereocenters. The molecule has 3 heterocycles. The first-order valence-corrected chi connectivity index (χ1v) is 18.4. The molecule has 0 bridgehead atoms. The molecule has 0 amide bonds. The van der Waals surface area contributed by atoms with Crippen LogP contribution in [0.25, 0.3) is 44.5 Å². The molecule has 3 aromatic carbocycles. The number of pyridine rings is 2. The molecule has 3 aromatic heterocycles. The largest absolute Gasteiger partial charge is 0.501 e. The van der Waals surface area contributed by atoms with Gasteiger partial charge in [0.2, 0.25) is 0 Å². The summed E-state index contributed by atoms with van der Waals surface area (Å²) in [5, 5.41) is 3.85. The molecule has 0 aliphatic rings. The zero-order valence-electron chi connectivity index (χ0n) is 26.2. The van der Waals surface area contributed by atoms with Gasteiger partial charge in [0.15, 0.2) is 0 Å². The normalized spacial score (nSPS) is 11.3. The number of aromatic nitrogens is 2. The molecule has 0 saturated carbocycles. The number of rotatable bonds is 6. The first-order valence-electron chi connectivity index (χ1n) is 14.9. The molecular formula is C38H40IrN2OSi-2. The van der Waals surface area contributed by atoms with Crippen LogP contribution in [0.5, 0.6) is 0 Å². The average molecular weight is 761 g/mol. The van der Waals surface area contributed by atoms with Gasteiger partial charge in [-0.3, -0.25) is 0 Å². The standard InChI is InChI=1S/C26H30NOSi.C12H10N.Ir/c1-7-18(8-2)19-15-16-27-25(17(19)3)21-13-14-23(29(4,5)6)24-20-11-9-10-12-22(20)28-26(21)24;1-10-7-8-13-12(9-10)11-5-3-2-4-6-11;/h9-12,14-16,18H,7-8H2,1-6H3;2-5,7-9H,1H3;/q2*-1;. The fraction of sp³-hybridized carbons (Fsp3) is 0.263. The van der Waals surface area contributed by atoms with Gasteiger partial charge in [0.25, 0.3) is 0 Å². The maximum atomic E-state index is 6.43. The van der Waals surface area contributed by atoms with Crippen LogP contribution in [0.3, 0.4) is 0 Å². The second-order valence-electron chi connectivity index (χ2n) is 12.0. The van der Waals surface area contributed by atoms with Gasteiger partial charge in [-0.25, -0.2) is 0 Å². The smallest absolute Gasteiger partial charge is 0.120 e. The molecule has 3 nitrogen and oxygen atoms in total. The van der Waals surface area contributed by atoms with E-state index in [4.69, 9.17) is 9.40 Å². The van der Waals surface area contributed by atoms with E-state index < -0.39 is 8.07 Å². The Hall–Kier alpha value is -3.37. The van der Waals surface area contributed by atoms with Crippen LogP contribution in [0, 0.1) is 26.0 Å². The van der Waals surface area contributed by atoms with Crippen molar-refractivity contribution in [3.63, 3.8) is 0 Å². The summed E-state index contributed by atoms with van der Waals surface area (Å²) < 4.78 is 6.43. The summed E-state index contributed by atoms with van der Waals surface area (Å²) in [5.41, 5.74) is 9.77. The summed E-state index contributed by atoms with van der Waals surface area (Å²) in [6.45, 7) is 15.9. The summed E-state index contributed by atoms with van der Waals surface area (Å²) >= 11 is 0. The van der Waals surface area contributed by atoms with E-state index in [1.807, 2.05) is 48.8 Å². The number of hydrogen-bond donors (Lipinski definition) is 0. The number of para-hydroxylation sites is 1. The molecule has 0 aliphatic heterocycles. The third kappa shape index (κ3) is 6.91. The van der Waals surface area contributed by atoms with Gasteiger partial charge in [-0.1, -0.05) is 79.8 Å². The van der Waals surface area contributed by atoms with Crippen LogP contribution >= 0.6 is 0 Å². The Morgan fingerprint density at radius 1 is 0.860 bits per heavy atom. The molecule has 6 aromatic rings. The molecule has 1 radical (unpaired) electrons. The predicted octanol–water partition coefficient (Wildman–Crippen LogP) is 10.1. The quantitative estimate of drug-likeness (QED) is 0.125. The zero-order valence-corrected chi connectivity index (χ0v) is 29.6. The van der Waals surface area contributed by atoms with Crippen molar-refractivity contribution in [3.05, 3.63) is 114 Å². The van der Waals surface area contributed by atoms with E-state index in [9.17, 15) is 0 Å². The zero-order chi connectivity index (χ0) is 29.9. The number of furan rings is 1. The van der Waals surface area contributed by atoms with E-state index in [1.165, 1.54) is 32.6 Å². The van der Waals surface area contributed by atoms with E-state index in [0.29, 0.717) is 5.92 Å². The van der Waals surface area contributed by atoms with Gasteiger partial charge < -0.3 is 14.4 Å². The van der Waals surface area contributed by atoms with Gasteiger partial charge in [-0.05, 0) is 67.8 Å². The van der Waals surface area contributed by atoms with Crippen molar-refractivity contribution in [2.75, 3.05) is 0 Å². The van der Waals surface area contributed by atoms with Gasteiger partial charge in [0.05, 0.1) is 5.58 Å². The Kier molecular flexibility index (Phi) is 10.6. The second kappa shape index (κ2) is 13.9. The van der Waals surface area contributed by atoms with Crippen molar-refractivity contribution >= 4 is 35.2 Å². The molecule has 0 saturated heterocycles. The summed E-state index contributed by atoms with van der Waals surface area (Å²) in [4.78, 5) is 9.07. The molecule has 0 N–H and O–H groups in total. The molecule has 223 valence electrons. The molecule has 6 rings (SSSR count). The fourth-order valence-electron chi connectivity index (χ4n) is 5.75. The molecular weight excluding hydrogens is 721 g/mol. The van der Waals surface area contributed by atoms with E-state index in [1.54, 1.807) is 0 Å². The molecule has 0 atom stereocenters. The number of benzene rings is 3.